The molecule has 1 heterocycles. The van der Waals surface area contributed by atoms with Crippen molar-refractivity contribution >= 4 is 0 Å². The van der Waals surface area contributed by atoms with E-state index in [2.05, 4.69) is 0 Å². The van der Waals surface area contributed by atoms with E-state index in [1.54, 1.807) is 18.2 Å². The lowest BCUT2D eigenvalue weighted by molar-refractivity contribution is -0.138. The molecular formula is C21H20F3NO. The topological polar surface area (TPSA) is 14.2 Å². The summed E-state index contributed by atoms with van der Waals surface area (Å²) in [6.45, 7) is 5.61. The van der Waals surface area contributed by atoms with Gasteiger partial charge in [-0.3, -0.25) is 0 Å². The van der Waals surface area contributed by atoms with Gasteiger partial charge >= 0.3 is 6.18 Å². The number of hydrogen-bond acceptors (Lipinski definition) is 1. The summed E-state index contributed by atoms with van der Waals surface area (Å²) >= 11 is 0. The molecule has 0 amide bonds. The number of aromatic nitrogens is 1. The van der Waals surface area contributed by atoms with Crippen molar-refractivity contribution < 1.29 is 17.9 Å². The first-order chi connectivity index (χ1) is 12.3. The van der Waals surface area contributed by atoms with E-state index in [9.17, 15) is 13.2 Å². The molecule has 3 rings (SSSR count). The number of alkyl halides is 3. The van der Waals surface area contributed by atoms with Gasteiger partial charge in [0, 0.05) is 11.9 Å². The lowest BCUT2D eigenvalue weighted by atomic mass is 10.1. The maximum Gasteiger partial charge on any atom is 0.418 e. The summed E-state index contributed by atoms with van der Waals surface area (Å²) < 4.78 is 47.6. The van der Waals surface area contributed by atoms with Crippen LogP contribution in [0.3, 0.4) is 0 Å². The van der Waals surface area contributed by atoms with Crippen LogP contribution >= 0.6 is 0 Å². The first-order valence-electron chi connectivity index (χ1n) is 8.31. The molecule has 0 saturated heterocycles. The number of hydrogen-bond donors (Lipinski definition) is 0. The molecule has 1 aromatic heterocycles. The highest BCUT2D eigenvalue weighted by Gasteiger charge is 2.35. The SMILES string of the molecule is Cc1ccc(-n2ccc(C(F)(F)F)c2COc2cccc(C)c2C)cc1. The molecule has 0 bridgehead atoms. The highest BCUT2D eigenvalue weighted by molar-refractivity contribution is 5.42. The van der Waals surface area contributed by atoms with Crippen molar-refractivity contribution in [2.45, 2.75) is 33.6 Å². The Balaban J connectivity index is 1.99. The number of benzene rings is 2. The van der Waals surface area contributed by atoms with E-state index < -0.39 is 11.7 Å². The molecule has 136 valence electrons. The molecule has 0 radical (unpaired) electrons. The average Bonchev–Trinajstić information content (AvgIpc) is 3.01. The van der Waals surface area contributed by atoms with Crippen molar-refractivity contribution in [2.24, 2.45) is 0 Å². The number of ether oxygens (including phenoxy) is 1. The summed E-state index contributed by atoms with van der Waals surface area (Å²) in [4.78, 5) is 0. The molecule has 0 aliphatic rings. The molecule has 2 aromatic carbocycles. The van der Waals surface area contributed by atoms with Crippen LogP contribution < -0.4 is 4.74 Å². The van der Waals surface area contributed by atoms with Gasteiger partial charge in [0.25, 0.3) is 0 Å². The summed E-state index contributed by atoms with van der Waals surface area (Å²) in [5.41, 5.74) is 3.09. The average molecular weight is 359 g/mol. The fourth-order valence-corrected chi connectivity index (χ4v) is 2.84. The molecule has 0 unspecified atom stereocenters. The zero-order chi connectivity index (χ0) is 18.9. The van der Waals surface area contributed by atoms with E-state index in [0.29, 0.717) is 11.4 Å². The Bertz CT molecular complexity index is 908. The fraction of sp³-hybridized carbons (Fsp3) is 0.238. The second kappa shape index (κ2) is 6.90. The predicted octanol–water partition coefficient (Wildman–Crippen LogP) is 6.00. The summed E-state index contributed by atoms with van der Waals surface area (Å²) in [5, 5.41) is 0. The number of halogens is 3. The van der Waals surface area contributed by atoms with E-state index >= 15 is 0 Å². The molecule has 0 aliphatic carbocycles. The second-order valence-electron chi connectivity index (χ2n) is 6.37. The van der Waals surface area contributed by atoms with Crippen LogP contribution in [0.4, 0.5) is 13.2 Å². The molecule has 0 saturated carbocycles. The van der Waals surface area contributed by atoms with Crippen molar-refractivity contribution in [1.82, 2.24) is 4.57 Å². The minimum atomic E-state index is -4.43. The Morgan fingerprint density at radius 1 is 0.923 bits per heavy atom. The Hall–Kier alpha value is -2.69. The predicted molar refractivity (Wildman–Crippen MR) is 95.8 cm³/mol. The molecule has 0 fully saturated rings. The largest absolute Gasteiger partial charge is 0.487 e. The highest BCUT2D eigenvalue weighted by Crippen LogP contribution is 2.35. The molecule has 26 heavy (non-hydrogen) atoms. The van der Waals surface area contributed by atoms with Crippen molar-refractivity contribution in [3.05, 3.63) is 82.7 Å². The number of nitrogens with zero attached hydrogens (tertiary/aromatic N) is 1. The Morgan fingerprint density at radius 3 is 2.27 bits per heavy atom. The van der Waals surface area contributed by atoms with Crippen LogP contribution in [-0.4, -0.2) is 4.57 Å². The Labute approximate surface area is 150 Å². The van der Waals surface area contributed by atoms with Gasteiger partial charge in [0.05, 0.1) is 11.3 Å². The zero-order valence-electron chi connectivity index (χ0n) is 14.9. The standard InChI is InChI=1S/C21H20F3NO/c1-14-7-9-17(10-8-14)25-12-11-18(21(22,23)24)19(25)13-26-20-6-4-5-15(2)16(20)3/h4-12H,13H2,1-3H3. The summed E-state index contributed by atoms with van der Waals surface area (Å²) in [5.74, 6) is 0.592. The van der Waals surface area contributed by atoms with Gasteiger partial charge in [0.1, 0.15) is 12.4 Å². The van der Waals surface area contributed by atoms with Gasteiger partial charge in [-0.05, 0) is 56.2 Å². The minimum absolute atomic E-state index is 0.0854. The van der Waals surface area contributed by atoms with Gasteiger partial charge < -0.3 is 9.30 Å². The molecule has 0 atom stereocenters. The smallest absolute Gasteiger partial charge is 0.418 e. The van der Waals surface area contributed by atoms with Crippen molar-refractivity contribution in [2.75, 3.05) is 0 Å². The van der Waals surface area contributed by atoms with Crippen LogP contribution in [0.15, 0.2) is 54.7 Å². The molecule has 5 heteroatoms. The van der Waals surface area contributed by atoms with Crippen LogP contribution in [0.25, 0.3) is 5.69 Å². The maximum absolute atomic E-state index is 13.4. The van der Waals surface area contributed by atoms with Crippen molar-refractivity contribution in [3.8, 4) is 11.4 Å². The van der Waals surface area contributed by atoms with E-state index in [1.165, 1.54) is 10.8 Å². The minimum Gasteiger partial charge on any atom is -0.487 e. The van der Waals surface area contributed by atoms with Crippen LogP contribution in [0.1, 0.15) is 27.9 Å². The first-order valence-corrected chi connectivity index (χ1v) is 8.31. The zero-order valence-corrected chi connectivity index (χ0v) is 14.9. The fourth-order valence-electron chi connectivity index (χ4n) is 2.84. The summed E-state index contributed by atoms with van der Waals surface area (Å²) in [7, 11) is 0. The van der Waals surface area contributed by atoms with E-state index in [4.69, 9.17) is 4.74 Å². The normalized spacial score (nSPS) is 11.6. The van der Waals surface area contributed by atoms with Gasteiger partial charge in [-0.2, -0.15) is 13.2 Å². The Kier molecular flexibility index (Phi) is 4.81. The van der Waals surface area contributed by atoms with E-state index in [0.717, 1.165) is 22.8 Å². The quantitative estimate of drug-likeness (QED) is 0.557. The number of aryl methyl sites for hydroxylation is 2. The van der Waals surface area contributed by atoms with E-state index in [1.807, 2.05) is 45.0 Å². The molecular weight excluding hydrogens is 339 g/mol. The molecule has 2 nitrogen and oxygen atoms in total. The monoisotopic (exact) mass is 359 g/mol. The van der Waals surface area contributed by atoms with E-state index in [-0.39, 0.29) is 12.3 Å². The lowest BCUT2D eigenvalue weighted by Gasteiger charge is -2.16. The number of rotatable bonds is 4. The molecule has 0 N–H and O–H groups in total. The van der Waals surface area contributed by atoms with Gasteiger partial charge in [0.2, 0.25) is 0 Å². The van der Waals surface area contributed by atoms with Gasteiger partial charge in [-0.15, -0.1) is 0 Å². The van der Waals surface area contributed by atoms with Gasteiger partial charge in [-0.1, -0.05) is 29.8 Å². The van der Waals surface area contributed by atoms with Crippen LogP contribution in [0, 0.1) is 20.8 Å². The third kappa shape index (κ3) is 3.62. The Morgan fingerprint density at radius 2 is 1.62 bits per heavy atom. The maximum atomic E-state index is 13.4. The molecule has 3 aromatic rings. The first kappa shape index (κ1) is 18.1. The third-order valence-electron chi connectivity index (χ3n) is 4.53. The van der Waals surface area contributed by atoms with Crippen LogP contribution in [-0.2, 0) is 12.8 Å². The summed E-state index contributed by atoms with van der Waals surface area (Å²) in [6, 6.07) is 14.0. The van der Waals surface area contributed by atoms with Gasteiger partial charge in [-0.25, -0.2) is 0 Å². The highest BCUT2D eigenvalue weighted by atomic mass is 19.4. The molecule has 0 aliphatic heterocycles. The van der Waals surface area contributed by atoms with Gasteiger partial charge in [0.15, 0.2) is 0 Å². The third-order valence-corrected chi connectivity index (χ3v) is 4.53. The van der Waals surface area contributed by atoms with Crippen molar-refractivity contribution in [3.63, 3.8) is 0 Å². The van der Waals surface area contributed by atoms with Crippen LogP contribution in [0.5, 0.6) is 5.75 Å². The summed E-state index contributed by atoms with van der Waals surface area (Å²) in [6.07, 6.45) is -2.99. The second-order valence-corrected chi connectivity index (χ2v) is 6.37. The van der Waals surface area contributed by atoms with Crippen molar-refractivity contribution in [1.29, 1.82) is 0 Å². The molecule has 0 spiro atoms. The lowest BCUT2D eigenvalue weighted by Crippen LogP contribution is -2.13. The van der Waals surface area contributed by atoms with Crippen LogP contribution in [0.2, 0.25) is 0 Å².